The average molecular weight is 545 g/mol. The van der Waals surface area contributed by atoms with Gasteiger partial charge in [0.05, 0.1) is 39.7 Å². The first-order chi connectivity index (χ1) is 19.1. The molecule has 0 bridgehead atoms. The number of hydrogen-bond acceptors (Lipinski definition) is 5. The number of rotatable bonds is 2. The number of para-hydroxylation sites is 2. The number of nitrogens with one attached hydrogen (secondary N) is 1. The van der Waals surface area contributed by atoms with Crippen LogP contribution in [0, 0.1) is 17.8 Å². The highest BCUT2D eigenvalue weighted by Crippen LogP contribution is 2.56. The molecule has 0 saturated carbocycles. The molecule has 1 aromatic heterocycles. The van der Waals surface area contributed by atoms with Crippen molar-refractivity contribution in [3.05, 3.63) is 100 Å². The lowest BCUT2D eigenvalue weighted by Crippen LogP contribution is -2.51. The van der Waals surface area contributed by atoms with Gasteiger partial charge in [-0.2, -0.15) is 13.2 Å². The molecule has 4 atom stereocenters. The Kier molecular flexibility index (Phi) is 5.01. The van der Waals surface area contributed by atoms with Crippen molar-refractivity contribution < 1.29 is 22.8 Å². The van der Waals surface area contributed by atoms with E-state index in [1.54, 1.807) is 42.5 Å². The average Bonchev–Trinajstić information content (AvgIpc) is 3.52. The van der Waals surface area contributed by atoms with Crippen LogP contribution in [0.25, 0.3) is 16.6 Å². The monoisotopic (exact) mass is 544 g/mol. The second-order valence-electron chi connectivity index (χ2n) is 10.9. The summed E-state index contributed by atoms with van der Waals surface area (Å²) in [4.78, 5) is 47.9. The fourth-order valence-corrected chi connectivity index (χ4v) is 6.80. The van der Waals surface area contributed by atoms with Crippen LogP contribution in [-0.2, 0) is 21.3 Å². The highest BCUT2D eigenvalue weighted by molar-refractivity contribution is 6.23. The molecule has 2 saturated heterocycles. The first kappa shape index (κ1) is 24.7. The van der Waals surface area contributed by atoms with E-state index < -0.39 is 47.0 Å². The van der Waals surface area contributed by atoms with Gasteiger partial charge >= 0.3 is 6.18 Å². The van der Waals surface area contributed by atoms with Gasteiger partial charge in [0.1, 0.15) is 11.4 Å². The van der Waals surface area contributed by atoms with Gasteiger partial charge in [0.2, 0.25) is 11.8 Å². The first-order valence-electron chi connectivity index (χ1n) is 13.0. The van der Waals surface area contributed by atoms with Gasteiger partial charge in [0.15, 0.2) is 0 Å². The number of fused-ring (bicyclic) bond motifs is 8. The molecule has 40 heavy (non-hydrogen) atoms. The lowest BCUT2D eigenvalue weighted by Gasteiger charge is -2.32. The Morgan fingerprint density at radius 1 is 0.925 bits per heavy atom. The molecule has 3 aliphatic rings. The molecular weight excluding hydrogens is 521 g/mol. The minimum absolute atomic E-state index is 0.126. The van der Waals surface area contributed by atoms with Crippen molar-refractivity contribution in [1.82, 2.24) is 14.9 Å². The van der Waals surface area contributed by atoms with Crippen molar-refractivity contribution in [2.24, 2.45) is 17.8 Å². The van der Waals surface area contributed by atoms with Crippen molar-refractivity contribution in [3.8, 4) is 5.69 Å². The van der Waals surface area contributed by atoms with Crippen LogP contribution in [-0.4, -0.2) is 27.4 Å². The molecule has 3 aliphatic heterocycles. The summed E-state index contributed by atoms with van der Waals surface area (Å²) in [6.45, 7) is 3.83. The lowest BCUT2D eigenvalue weighted by molar-refractivity contribution is -0.137. The molecule has 10 heteroatoms. The summed E-state index contributed by atoms with van der Waals surface area (Å²) < 4.78 is 42.1. The maximum absolute atomic E-state index is 14.3. The van der Waals surface area contributed by atoms with Crippen LogP contribution in [0.4, 0.5) is 18.9 Å². The van der Waals surface area contributed by atoms with E-state index >= 15 is 0 Å². The fraction of sp³-hybridized carbons (Fsp3) is 0.267. The summed E-state index contributed by atoms with van der Waals surface area (Å²) in [7, 11) is 0. The molecule has 0 aliphatic carbocycles. The number of halogens is 3. The van der Waals surface area contributed by atoms with Crippen molar-refractivity contribution in [1.29, 1.82) is 0 Å². The second kappa shape index (κ2) is 8.11. The molecule has 2 fully saturated rings. The van der Waals surface area contributed by atoms with Crippen LogP contribution < -0.4 is 15.8 Å². The van der Waals surface area contributed by atoms with Crippen LogP contribution in [0.15, 0.2) is 77.6 Å². The third kappa shape index (κ3) is 3.05. The zero-order valence-corrected chi connectivity index (χ0v) is 21.4. The Morgan fingerprint density at radius 3 is 2.40 bits per heavy atom. The van der Waals surface area contributed by atoms with Crippen LogP contribution in [0.1, 0.15) is 30.8 Å². The maximum atomic E-state index is 14.3. The van der Waals surface area contributed by atoms with E-state index in [1.807, 2.05) is 19.9 Å². The number of nitrogens with zero attached hydrogens (tertiary/aromatic N) is 3. The number of amides is 2. The molecule has 0 unspecified atom stereocenters. The topological polar surface area (TPSA) is 84.3 Å². The van der Waals surface area contributed by atoms with Gasteiger partial charge in [-0.3, -0.25) is 24.3 Å². The largest absolute Gasteiger partial charge is 0.416 e. The number of carbonyl (C=O) groups excluding carboxylic acids is 2. The third-order valence-corrected chi connectivity index (χ3v) is 8.45. The highest BCUT2D eigenvalue weighted by atomic mass is 19.4. The third-order valence-electron chi connectivity index (χ3n) is 8.45. The van der Waals surface area contributed by atoms with E-state index in [0.717, 1.165) is 17.0 Å². The highest BCUT2D eigenvalue weighted by Gasteiger charge is 2.70. The standard InChI is InChI=1S/C30H23F3N4O3/c1-15(2)24-22-23(27(40)36(26(22)39)17-9-7-8-16(14-17)30(31,32)33)29(35-24)19-11-4-6-13-21(19)37-25(38)18-10-3-5-12-20(18)34-28(29)37/h3-15,22-24,35H,1-2H3/t22-,23-,24-,29+/m1/s1. The van der Waals surface area contributed by atoms with Gasteiger partial charge in [-0.15, -0.1) is 0 Å². The normalized spacial score (nSPS) is 25.2. The SMILES string of the molecule is CC(C)[C@H]1N[C@@]2(c3ccccc3-n3c2nc2ccccc2c3=O)[C@H]2C(=O)N(c3cccc(C(F)(F)F)c3)C(=O)[C@@H]12. The predicted octanol–water partition coefficient (Wildman–Crippen LogP) is 4.40. The summed E-state index contributed by atoms with van der Waals surface area (Å²) in [6, 6.07) is 17.8. The molecule has 7 rings (SSSR count). The van der Waals surface area contributed by atoms with Gasteiger partial charge in [-0.05, 0) is 42.3 Å². The number of hydrogen-bond donors (Lipinski definition) is 1. The molecule has 1 N–H and O–H groups in total. The second-order valence-corrected chi connectivity index (χ2v) is 10.9. The Hall–Kier alpha value is -4.31. The smallest absolute Gasteiger partial charge is 0.296 e. The molecule has 4 heterocycles. The molecule has 4 aromatic rings. The zero-order chi connectivity index (χ0) is 28.1. The van der Waals surface area contributed by atoms with E-state index in [0.29, 0.717) is 28.0 Å². The number of anilines is 1. The van der Waals surface area contributed by atoms with E-state index in [1.165, 1.54) is 16.7 Å². The fourth-order valence-electron chi connectivity index (χ4n) is 6.80. The summed E-state index contributed by atoms with van der Waals surface area (Å²) in [6.07, 6.45) is -4.64. The molecule has 7 nitrogen and oxygen atoms in total. The Bertz CT molecular complexity index is 1810. The van der Waals surface area contributed by atoms with Gasteiger partial charge in [0, 0.05) is 11.6 Å². The summed E-state index contributed by atoms with van der Waals surface area (Å²) in [5, 5.41) is 3.98. The first-order valence-corrected chi connectivity index (χ1v) is 13.0. The number of imide groups is 1. The van der Waals surface area contributed by atoms with Gasteiger partial charge < -0.3 is 0 Å². The maximum Gasteiger partial charge on any atom is 0.416 e. The molecular formula is C30H23F3N4O3. The number of aromatic nitrogens is 2. The number of carbonyl (C=O) groups is 2. The molecule has 3 aromatic carbocycles. The van der Waals surface area contributed by atoms with Crippen molar-refractivity contribution in [2.75, 3.05) is 4.90 Å². The Morgan fingerprint density at radius 2 is 1.65 bits per heavy atom. The van der Waals surface area contributed by atoms with E-state index in [9.17, 15) is 27.6 Å². The summed E-state index contributed by atoms with van der Waals surface area (Å²) in [5.41, 5.74) is -1.11. The predicted molar refractivity (Wildman–Crippen MR) is 141 cm³/mol. The Balaban J connectivity index is 1.50. The van der Waals surface area contributed by atoms with Crippen LogP contribution in [0.5, 0.6) is 0 Å². The van der Waals surface area contributed by atoms with Gasteiger partial charge in [-0.25, -0.2) is 9.88 Å². The summed E-state index contributed by atoms with van der Waals surface area (Å²) >= 11 is 0. The number of benzene rings is 3. The number of alkyl halides is 3. The molecule has 202 valence electrons. The zero-order valence-electron chi connectivity index (χ0n) is 21.4. The summed E-state index contributed by atoms with van der Waals surface area (Å²) in [5.74, 6) is -2.96. The van der Waals surface area contributed by atoms with Crippen LogP contribution in [0.3, 0.4) is 0 Å². The van der Waals surface area contributed by atoms with E-state index in [-0.39, 0.29) is 17.2 Å². The molecule has 0 radical (unpaired) electrons. The quantitative estimate of drug-likeness (QED) is 0.379. The Labute approximate surface area is 226 Å². The van der Waals surface area contributed by atoms with Crippen LogP contribution >= 0.6 is 0 Å². The van der Waals surface area contributed by atoms with E-state index in [4.69, 9.17) is 4.98 Å². The van der Waals surface area contributed by atoms with E-state index in [2.05, 4.69) is 5.32 Å². The van der Waals surface area contributed by atoms with Crippen LogP contribution in [0.2, 0.25) is 0 Å². The van der Waals surface area contributed by atoms with Crippen molar-refractivity contribution >= 4 is 28.4 Å². The van der Waals surface area contributed by atoms with Crippen molar-refractivity contribution in [3.63, 3.8) is 0 Å². The lowest BCUT2D eigenvalue weighted by atomic mass is 9.75. The van der Waals surface area contributed by atoms with Gasteiger partial charge in [0.25, 0.3) is 5.56 Å². The van der Waals surface area contributed by atoms with Crippen molar-refractivity contribution in [2.45, 2.75) is 31.6 Å². The minimum atomic E-state index is -4.64. The molecule has 1 spiro atoms. The van der Waals surface area contributed by atoms with Gasteiger partial charge in [-0.1, -0.05) is 50.2 Å². The minimum Gasteiger partial charge on any atom is -0.296 e. The molecule has 2 amide bonds.